The molecule has 1 aliphatic rings. The molecule has 102 valence electrons. The van der Waals surface area contributed by atoms with Gasteiger partial charge in [0.1, 0.15) is 5.82 Å². The predicted octanol–water partition coefficient (Wildman–Crippen LogP) is 3.68. The molecule has 1 fully saturated rings. The summed E-state index contributed by atoms with van der Waals surface area (Å²) in [6, 6.07) is 3.41. The molecule has 1 aliphatic heterocycles. The summed E-state index contributed by atoms with van der Waals surface area (Å²) in [5.41, 5.74) is 1.60. The second-order valence-corrected chi connectivity index (χ2v) is 7.60. The van der Waals surface area contributed by atoms with E-state index in [0.717, 1.165) is 23.9 Å². The van der Waals surface area contributed by atoms with E-state index in [9.17, 15) is 8.60 Å². The van der Waals surface area contributed by atoms with Crippen molar-refractivity contribution in [2.45, 2.75) is 18.9 Å². The van der Waals surface area contributed by atoms with Crippen LogP contribution in [-0.2, 0) is 10.8 Å². The highest BCUT2D eigenvalue weighted by Gasteiger charge is 2.22. The molecule has 1 aromatic heterocycles. The molecular formula is C12H12BrFN2OS2. The lowest BCUT2D eigenvalue weighted by atomic mass is 10.1. The summed E-state index contributed by atoms with van der Waals surface area (Å²) in [6.45, 7) is 0. The molecule has 2 heterocycles. The van der Waals surface area contributed by atoms with Crippen molar-refractivity contribution in [2.24, 2.45) is 0 Å². The van der Waals surface area contributed by atoms with Crippen molar-refractivity contribution in [3.8, 4) is 0 Å². The maximum atomic E-state index is 13.7. The van der Waals surface area contributed by atoms with Gasteiger partial charge in [0.2, 0.25) is 0 Å². The smallest absolute Gasteiger partial charge is 0.178 e. The van der Waals surface area contributed by atoms with Gasteiger partial charge < -0.3 is 9.55 Å². The zero-order chi connectivity index (χ0) is 13.6. The number of H-pyrrole nitrogens is 1. The molecule has 0 bridgehead atoms. The Labute approximate surface area is 125 Å². The number of halogens is 2. The number of fused-ring (bicyclic) bond motifs is 1. The normalized spacial score (nSPS) is 23.9. The standard InChI is InChI=1S/C12H12BrFN2OS2/c13-8-5-10-11(6-9(8)14)16(12(18)15-10)7-1-3-19(17)4-2-7/h5-7H,1-4H2,(H,15,18). The fraction of sp³-hybridized carbons (Fsp3) is 0.417. The third-order valence-electron chi connectivity index (χ3n) is 3.48. The number of hydrogen-bond acceptors (Lipinski definition) is 2. The average molecular weight is 363 g/mol. The Morgan fingerprint density at radius 1 is 1.42 bits per heavy atom. The minimum Gasteiger partial charge on any atom is -0.331 e. The van der Waals surface area contributed by atoms with Crippen LogP contribution >= 0.6 is 28.1 Å². The number of nitrogens with one attached hydrogen (secondary N) is 1. The van der Waals surface area contributed by atoms with Gasteiger partial charge in [0.25, 0.3) is 0 Å². The summed E-state index contributed by atoms with van der Waals surface area (Å²) >= 11 is 8.52. The van der Waals surface area contributed by atoms with Crippen LogP contribution in [0.4, 0.5) is 4.39 Å². The van der Waals surface area contributed by atoms with Crippen molar-refractivity contribution >= 4 is 50.0 Å². The molecular weight excluding hydrogens is 351 g/mol. The molecule has 19 heavy (non-hydrogen) atoms. The van der Waals surface area contributed by atoms with Gasteiger partial charge in [-0.15, -0.1) is 0 Å². The lowest BCUT2D eigenvalue weighted by Crippen LogP contribution is -2.21. The molecule has 0 amide bonds. The van der Waals surface area contributed by atoms with Gasteiger partial charge in [0, 0.05) is 34.4 Å². The van der Waals surface area contributed by atoms with Crippen LogP contribution in [0.2, 0.25) is 0 Å². The highest BCUT2D eigenvalue weighted by Crippen LogP contribution is 2.29. The number of imidazole rings is 1. The van der Waals surface area contributed by atoms with E-state index in [1.807, 2.05) is 4.57 Å². The molecule has 1 saturated heterocycles. The van der Waals surface area contributed by atoms with Gasteiger partial charge in [0.15, 0.2) is 4.77 Å². The van der Waals surface area contributed by atoms with Crippen LogP contribution in [0.3, 0.4) is 0 Å². The van der Waals surface area contributed by atoms with Gasteiger partial charge in [-0.1, -0.05) is 0 Å². The van der Waals surface area contributed by atoms with Crippen molar-refractivity contribution in [1.82, 2.24) is 9.55 Å². The third-order valence-corrected chi connectivity index (χ3v) is 5.77. The Bertz CT molecular complexity index is 714. The van der Waals surface area contributed by atoms with Crippen molar-refractivity contribution in [3.05, 3.63) is 27.2 Å². The molecule has 7 heteroatoms. The van der Waals surface area contributed by atoms with Crippen LogP contribution in [0.25, 0.3) is 11.0 Å². The van der Waals surface area contributed by atoms with Crippen molar-refractivity contribution in [1.29, 1.82) is 0 Å². The van der Waals surface area contributed by atoms with E-state index >= 15 is 0 Å². The second-order valence-electron chi connectivity index (χ2n) is 4.66. The third kappa shape index (κ3) is 2.43. The average Bonchev–Trinajstić information content (AvgIpc) is 2.67. The van der Waals surface area contributed by atoms with E-state index in [1.165, 1.54) is 6.07 Å². The molecule has 0 saturated carbocycles. The summed E-state index contributed by atoms with van der Waals surface area (Å²) in [6.07, 6.45) is 1.65. The van der Waals surface area contributed by atoms with Crippen LogP contribution in [0.15, 0.2) is 16.6 Å². The zero-order valence-electron chi connectivity index (χ0n) is 9.99. The monoisotopic (exact) mass is 362 g/mol. The molecule has 0 radical (unpaired) electrons. The van der Waals surface area contributed by atoms with Crippen LogP contribution < -0.4 is 0 Å². The predicted molar refractivity (Wildman–Crippen MR) is 80.9 cm³/mol. The first-order chi connectivity index (χ1) is 9.06. The Hall–Kier alpha value is -0.530. The van der Waals surface area contributed by atoms with E-state index in [2.05, 4.69) is 20.9 Å². The molecule has 0 aliphatic carbocycles. The van der Waals surface area contributed by atoms with Gasteiger partial charge in [-0.3, -0.25) is 4.21 Å². The molecule has 3 nitrogen and oxygen atoms in total. The lowest BCUT2D eigenvalue weighted by Gasteiger charge is -2.23. The maximum absolute atomic E-state index is 13.7. The molecule has 0 unspecified atom stereocenters. The number of rotatable bonds is 1. The van der Waals surface area contributed by atoms with Crippen LogP contribution in [-0.4, -0.2) is 25.3 Å². The SMILES string of the molecule is O=S1CCC(n2c(=S)[nH]c3cc(Br)c(F)cc32)CC1. The van der Waals surface area contributed by atoms with Crippen LogP contribution in [0.1, 0.15) is 18.9 Å². The topological polar surface area (TPSA) is 37.8 Å². The van der Waals surface area contributed by atoms with Crippen molar-refractivity contribution in [2.75, 3.05) is 11.5 Å². The van der Waals surface area contributed by atoms with Gasteiger partial charge >= 0.3 is 0 Å². The molecule has 1 N–H and O–H groups in total. The van der Waals surface area contributed by atoms with Gasteiger partial charge in [-0.2, -0.15) is 0 Å². The van der Waals surface area contributed by atoms with E-state index < -0.39 is 10.8 Å². The highest BCUT2D eigenvalue weighted by atomic mass is 79.9. The Morgan fingerprint density at radius 2 is 2.11 bits per heavy atom. The fourth-order valence-electron chi connectivity index (χ4n) is 2.52. The number of nitrogens with zero attached hydrogens (tertiary/aromatic N) is 1. The van der Waals surface area contributed by atoms with Gasteiger partial charge in [-0.25, -0.2) is 4.39 Å². The van der Waals surface area contributed by atoms with Crippen molar-refractivity contribution < 1.29 is 8.60 Å². The molecule has 3 rings (SSSR count). The number of hydrogen-bond donors (Lipinski definition) is 1. The number of benzene rings is 1. The molecule has 1 aromatic carbocycles. The quantitative estimate of drug-likeness (QED) is 0.785. The lowest BCUT2D eigenvalue weighted by molar-refractivity contribution is 0.468. The van der Waals surface area contributed by atoms with E-state index in [4.69, 9.17) is 12.2 Å². The Morgan fingerprint density at radius 3 is 2.79 bits per heavy atom. The fourth-order valence-corrected chi connectivity index (χ4v) is 4.50. The van der Waals surface area contributed by atoms with Gasteiger partial charge in [0.05, 0.1) is 15.5 Å². The largest absolute Gasteiger partial charge is 0.331 e. The first kappa shape index (κ1) is 13.5. The number of aromatic amines is 1. The molecule has 2 aromatic rings. The first-order valence-corrected chi connectivity index (χ1v) is 8.69. The summed E-state index contributed by atoms with van der Waals surface area (Å²) in [5.74, 6) is 1.09. The molecule has 0 atom stereocenters. The summed E-state index contributed by atoms with van der Waals surface area (Å²) in [7, 11) is -0.710. The highest BCUT2D eigenvalue weighted by molar-refractivity contribution is 9.10. The summed E-state index contributed by atoms with van der Waals surface area (Å²) in [5, 5.41) is 0. The maximum Gasteiger partial charge on any atom is 0.178 e. The zero-order valence-corrected chi connectivity index (χ0v) is 13.2. The summed E-state index contributed by atoms with van der Waals surface area (Å²) < 4.78 is 28.1. The minimum absolute atomic E-state index is 0.208. The minimum atomic E-state index is -0.710. The number of aromatic nitrogens is 2. The van der Waals surface area contributed by atoms with Crippen molar-refractivity contribution in [3.63, 3.8) is 0 Å². The van der Waals surface area contributed by atoms with E-state index in [0.29, 0.717) is 20.7 Å². The summed E-state index contributed by atoms with van der Waals surface area (Å²) in [4.78, 5) is 3.11. The van der Waals surface area contributed by atoms with E-state index in [1.54, 1.807) is 6.07 Å². The van der Waals surface area contributed by atoms with Crippen LogP contribution in [0, 0.1) is 10.6 Å². The van der Waals surface area contributed by atoms with E-state index in [-0.39, 0.29) is 11.9 Å². The first-order valence-electron chi connectivity index (χ1n) is 6.00. The Kier molecular flexibility index (Phi) is 3.61. The molecule has 0 spiro atoms. The Balaban J connectivity index is 2.12. The second kappa shape index (κ2) is 5.10. The van der Waals surface area contributed by atoms with Crippen LogP contribution in [0.5, 0.6) is 0 Å². The van der Waals surface area contributed by atoms with Gasteiger partial charge in [-0.05, 0) is 47.1 Å².